The van der Waals surface area contributed by atoms with Crippen LogP contribution in [0.1, 0.15) is 35.5 Å². The van der Waals surface area contributed by atoms with E-state index in [1.54, 1.807) is 0 Å². The number of aromatic nitrogens is 2. The summed E-state index contributed by atoms with van der Waals surface area (Å²) >= 11 is 0. The highest BCUT2D eigenvalue weighted by atomic mass is 16.5. The normalized spacial score (nSPS) is 18.0. The maximum Gasteiger partial charge on any atom is 0.216 e. The Hall–Kier alpha value is -2.14. The molecule has 5 nitrogen and oxygen atoms in total. The molecular weight excluding hydrogens is 314 g/mol. The highest BCUT2D eigenvalue weighted by Gasteiger charge is 2.22. The van der Waals surface area contributed by atoms with Crippen LogP contribution in [-0.2, 0) is 13.0 Å². The first-order valence-electron chi connectivity index (χ1n) is 9.11. The third kappa shape index (κ3) is 3.93. The summed E-state index contributed by atoms with van der Waals surface area (Å²) in [7, 11) is 0. The quantitative estimate of drug-likeness (QED) is 0.857. The monoisotopic (exact) mass is 339 g/mol. The minimum atomic E-state index is 0.286. The number of ether oxygens (including phenoxy) is 2. The standard InChI is InChI=1S/C20H25N3O2/c1-14-11-19(12-15(2)21-14)25-18-5-8-23(9-6-18)13-17-4-3-16-7-10-24-20(16)22-17/h3-4,11-12,18H,5-10,13H2,1-2H3. The molecule has 0 atom stereocenters. The Morgan fingerprint density at radius 2 is 1.88 bits per heavy atom. The molecule has 0 aliphatic carbocycles. The van der Waals surface area contributed by atoms with Gasteiger partial charge < -0.3 is 9.47 Å². The highest BCUT2D eigenvalue weighted by molar-refractivity contribution is 5.31. The highest BCUT2D eigenvalue weighted by Crippen LogP contribution is 2.24. The number of rotatable bonds is 4. The second-order valence-corrected chi connectivity index (χ2v) is 7.04. The third-order valence-electron chi connectivity index (χ3n) is 4.88. The molecule has 0 bridgehead atoms. The van der Waals surface area contributed by atoms with Gasteiger partial charge in [0.15, 0.2) is 0 Å². The predicted molar refractivity (Wildman–Crippen MR) is 96.1 cm³/mol. The van der Waals surface area contributed by atoms with Crippen molar-refractivity contribution in [2.45, 2.75) is 45.8 Å². The lowest BCUT2D eigenvalue weighted by molar-refractivity contribution is 0.0958. The van der Waals surface area contributed by atoms with Gasteiger partial charge in [0.1, 0.15) is 11.9 Å². The van der Waals surface area contributed by atoms with Crippen LogP contribution < -0.4 is 9.47 Å². The lowest BCUT2D eigenvalue weighted by atomic mass is 10.1. The summed E-state index contributed by atoms with van der Waals surface area (Å²) in [5, 5.41) is 0. The van der Waals surface area contributed by atoms with Gasteiger partial charge in [-0.25, -0.2) is 4.98 Å². The number of nitrogens with zero attached hydrogens (tertiary/aromatic N) is 3. The van der Waals surface area contributed by atoms with Crippen LogP contribution >= 0.6 is 0 Å². The average molecular weight is 339 g/mol. The van der Waals surface area contributed by atoms with Crippen molar-refractivity contribution in [3.8, 4) is 11.6 Å². The van der Waals surface area contributed by atoms with Crippen molar-refractivity contribution < 1.29 is 9.47 Å². The van der Waals surface area contributed by atoms with Crippen molar-refractivity contribution in [2.75, 3.05) is 19.7 Å². The smallest absolute Gasteiger partial charge is 0.216 e. The minimum absolute atomic E-state index is 0.286. The predicted octanol–water partition coefficient (Wildman–Crippen LogP) is 3.07. The zero-order chi connectivity index (χ0) is 17.2. The van der Waals surface area contributed by atoms with E-state index in [0.29, 0.717) is 0 Å². The molecule has 0 N–H and O–H groups in total. The Labute approximate surface area is 149 Å². The van der Waals surface area contributed by atoms with Gasteiger partial charge in [0.05, 0.1) is 12.3 Å². The molecule has 2 aromatic rings. The summed E-state index contributed by atoms with van der Waals surface area (Å²) < 4.78 is 11.7. The number of likely N-dealkylation sites (tertiary alicyclic amines) is 1. The van der Waals surface area contributed by atoms with E-state index in [1.807, 2.05) is 26.0 Å². The van der Waals surface area contributed by atoms with E-state index >= 15 is 0 Å². The molecule has 132 valence electrons. The van der Waals surface area contributed by atoms with Gasteiger partial charge in [-0.15, -0.1) is 0 Å². The molecule has 0 spiro atoms. The molecule has 0 saturated carbocycles. The van der Waals surface area contributed by atoms with Crippen molar-refractivity contribution in [2.24, 2.45) is 0 Å². The summed E-state index contributed by atoms with van der Waals surface area (Å²) in [5.74, 6) is 1.78. The molecule has 0 amide bonds. The number of hydrogen-bond acceptors (Lipinski definition) is 5. The van der Waals surface area contributed by atoms with E-state index < -0.39 is 0 Å². The van der Waals surface area contributed by atoms with E-state index in [2.05, 4.69) is 27.0 Å². The van der Waals surface area contributed by atoms with E-state index in [9.17, 15) is 0 Å². The van der Waals surface area contributed by atoms with Crippen LogP contribution in [0.15, 0.2) is 24.3 Å². The largest absolute Gasteiger partial charge is 0.490 e. The van der Waals surface area contributed by atoms with Gasteiger partial charge in [-0.05, 0) is 32.8 Å². The van der Waals surface area contributed by atoms with Gasteiger partial charge in [-0.1, -0.05) is 6.07 Å². The summed E-state index contributed by atoms with van der Waals surface area (Å²) in [6.45, 7) is 7.74. The third-order valence-corrected chi connectivity index (χ3v) is 4.88. The van der Waals surface area contributed by atoms with Crippen LogP contribution in [0.4, 0.5) is 0 Å². The Balaban J connectivity index is 1.31. The average Bonchev–Trinajstić information content (AvgIpc) is 3.03. The number of piperidine rings is 1. The Kier molecular flexibility index (Phi) is 4.57. The van der Waals surface area contributed by atoms with Gasteiger partial charge in [0.25, 0.3) is 0 Å². The van der Waals surface area contributed by atoms with Crippen LogP contribution in [0.2, 0.25) is 0 Å². The maximum atomic E-state index is 6.17. The molecule has 1 saturated heterocycles. The van der Waals surface area contributed by atoms with Crippen LogP contribution in [0.3, 0.4) is 0 Å². The van der Waals surface area contributed by atoms with Gasteiger partial charge in [-0.3, -0.25) is 9.88 Å². The van der Waals surface area contributed by atoms with Crippen LogP contribution in [-0.4, -0.2) is 40.7 Å². The molecule has 2 aromatic heterocycles. The fourth-order valence-electron chi connectivity index (χ4n) is 3.64. The van der Waals surface area contributed by atoms with Crippen molar-refractivity contribution in [1.82, 2.24) is 14.9 Å². The van der Waals surface area contributed by atoms with E-state index in [4.69, 9.17) is 9.47 Å². The second kappa shape index (κ2) is 7.00. The van der Waals surface area contributed by atoms with Crippen LogP contribution in [0.5, 0.6) is 11.6 Å². The molecule has 2 aliphatic heterocycles. The molecule has 5 heteroatoms. The molecule has 0 aromatic carbocycles. The molecule has 4 rings (SSSR count). The molecule has 0 unspecified atom stereocenters. The fourth-order valence-corrected chi connectivity index (χ4v) is 3.64. The molecule has 4 heterocycles. The van der Waals surface area contributed by atoms with E-state index in [-0.39, 0.29) is 6.10 Å². The number of fused-ring (bicyclic) bond motifs is 1. The van der Waals surface area contributed by atoms with Crippen molar-refractivity contribution in [1.29, 1.82) is 0 Å². The zero-order valence-corrected chi connectivity index (χ0v) is 15.0. The van der Waals surface area contributed by atoms with Crippen molar-refractivity contribution in [3.63, 3.8) is 0 Å². The first-order chi connectivity index (χ1) is 12.2. The van der Waals surface area contributed by atoms with E-state index in [0.717, 1.165) is 74.2 Å². The van der Waals surface area contributed by atoms with Gasteiger partial charge in [0, 0.05) is 55.1 Å². The molecule has 0 radical (unpaired) electrons. The second-order valence-electron chi connectivity index (χ2n) is 7.04. The lowest BCUT2D eigenvalue weighted by Gasteiger charge is -2.32. The zero-order valence-electron chi connectivity index (χ0n) is 15.0. The summed E-state index contributed by atoms with van der Waals surface area (Å²) in [5.41, 5.74) is 4.36. The topological polar surface area (TPSA) is 47.5 Å². The summed E-state index contributed by atoms with van der Waals surface area (Å²) in [6, 6.07) is 8.34. The Morgan fingerprint density at radius 1 is 1.12 bits per heavy atom. The first kappa shape index (κ1) is 16.3. The fraction of sp³-hybridized carbons (Fsp3) is 0.500. The van der Waals surface area contributed by atoms with Crippen LogP contribution in [0.25, 0.3) is 0 Å². The SMILES string of the molecule is Cc1cc(OC2CCN(Cc3ccc4c(n3)OCC4)CC2)cc(C)n1. The maximum absolute atomic E-state index is 6.17. The molecule has 1 fully saturated rings. The molecular formula is C20H25N3O2. The Morgan fingerprint density at radius 3 is 2.64 bits per heavy atom. The number of aryl methyl sites for hydroxylation is 2. The number of pyridine rings is 2. The van der Waals surface area contributed by atoms with Gasteiger partial charge in [0.2, 0.25) is 5.88 Å². The first-order valence-corrected chi connectivity index (χ1v) is 9.11. The lowest BCUT2D eigenvalue weighted by Crippen LogP contribution is -2.38. The summed E-state index contributed by atoms with van der Waals surface area (Å²) in [4.78, 5) is 11.5. The summed E-state index contributed by atoms with van der Waals surface area (Å²) in [6.07, 6.45) is 3.36. The van der Waals surface area contributed by atoms with Gasteiger partial charge >= 0.3 is 0 Å². The van der Waals surface area contributed by atoms with E-state index in [1.165, 1.54) is 5.56 Å². The van der Waals surface area contributed by atoms with Gasteiger partial charge in [-0.2, -0.15) is 0 Å². The minimum Gasteiger partial charge on any atom is -0.490 e. The molecule has 25 heavy (non-hydrogen) atoms. The van der Waals surface area contributed by atoms with Crippen molar-refractivity contribution in [3.05, 3.63) is 46.9 Å². The molecule has 2 aliphatic rings. The van der Waals surface area contributed by atoms with Crippen LogP contribution in [0, 0.1) is 13.8 Å². The Bertz CT molecular complexity index is 734. The van der Waals surface area contributed by atoms with Crippen molar-refractivity contribution >= 4 is 0 Å². The number of hydrogen-bond donors (Lipinski definition) is 0.